The van der Waals surface area contributed by atoms with Gasteiger partial charge in [-0.25, -0.2) is 8.42 Å². The van der Waals surface area contributed by atoms with Gasteiger partial charge in [0, 0.05) is 48.3 Å². The van der Waals surface area contributed by atoms with E-state index in [0.717, 1.165) is 0 Å². The van der Waals surface area contributed by atoms with Gasteiger partial charge in [-0.15, -0.1) is 0 Å². The number of halogens is 2. The van der Waals surface area contributed by atoms with Gasteiger partial charge in [0.1, 0.15) is 6.04 Å². The van der Waals surface area contributed by atoms with Crippen LogP contribution in [0.15, 0.2) is 23.1 Å². The van der Waals surface area contributed by atoms with Crippen LogP contribution in [-0.4, -0.2) is 72.1 Å². The van der Waals surface area contributed by atoms with E-state index < -0.39 is 28.0 Å². The molecule has 0 radical (unpaired) electrons. The summed E-state index contributed by atoms with van der Waals surface area (Å²) in [7, 11) is -4.05. The summed E-state index contributed by atoms with van der Waals surface area (Å²) in [5.41, 5.74) is 0. The molecule has 7 nitrogen and oxygen atoms in total. The molecule has 2 N–H and O–H groups in total. The summed E-state index contributed by atoms with van der Waals surface area (Å²) in [6.07, 6.45) is 2.08. The standard InChI is InChI=1S/C18H24Cl2N2O5S/c19-13-7-14(20)9-15(8-13)28(26,27)22-16-3-1-4-17(22)18(25)21(5-2-6-23)10-12(16)11-24/h7-9,12,16-17,23-24H,1-6,10-11H2/t12-,16?,17?/m1/s1. The highest BCUT2D eigenvalue weighted by Gasteiger charge is 2.49. The predicted molar refractivity (Wildman–Crippen MR) is 106 cm³/mol. The maximum Gasteiger partial charge on any atom is 0.244 e. The molecule has 3 rings (SSSR count). The van der Waals surface area contributed by atoms with Gasteiger partial charge in [-0.1, -0.05) is 23.2 Å². The smallest absolute Gasteiger partial charge is 0.244 e. The number of rotatable bonds is 6. The SMILES string of the molecule is O=C1C2CCCC([C@@H](CO)CN1CCCO)N2S(=O)(=O)c1cc(Cl)cc(Cl)c1. The molecule has 0 saturated carbocycles. The molecule has 28 heavy (non-hydrogen) atoms. The molecule has 2 unspecified atom stereocenters. The van der Waals surface area contributed by atoms with Gasteiger partial charge in [-0.05, 0) is 43.9 Å². The van der Waals surface area contributed by atoms with Crippen LogP contribution in [0.25, 0.3) is 0 Å². The van der Waals surface area contributed by atoms with E-state index in [4.69, 9.17) is 28.3 Å². The summed E-state index contributed by atoms with van der Waals surface area (Å²) in [4.78, 5) is 14.7. The van der Waals surface area contributed by atoms with E-state index >= 15 is 0 Å². The molecular formula is C18H24Cl2N2O5S. The molecule has 156 valence electrons. The normalized spacial score (nSPS) is 26.4. The summed E-state index contributed by atoms with van der Waals surface area (Å²) in [6.45, 7) is 0.290. The van der Waals surface area contributed by atoms with Gasteiger partial charge >= 0.3 is 0 Å². The number of aliphatic hydroxyl groups is 2. The number of amides is 1. The number of carbonyl (C=O) groups excluding carboxylic acids is 1. The van der Waals surface area contributed by atoms with Crippen LogP contribution in [0.2, 0.25) is 10.0 Å². The van der Waals surface area contributed by atoms with Gasteiger partial charge in [-0.2, -0.15) is 4.31 Å². The summed E-state index contributed by atoms with van der Waals surface area (Å²) in [5, 5.41) is 19.5. The van der Waals surface area contributed by atoms with E-state index in [1.807, 2.05) is 0 Å². The number of hydrogen-bond donors (Lipinski definition) is 2. The van der Waals surface area contributed by atoms with Crippen LogP contribution in [0.4, 0.5) is 0 Å². The minimum Gasteiger partial charge on any atom is -0.396 e. The van der Waals surface area contributed by atoms with Crippen molar-refractivity contribution in [3.8, 4) is 0 Å². The Kier molecular flexibility index (Phi) is 6.89. The van der Waals surface area contributed by atoms with E-state index in [0.29, 0.717) is 32.2 Å². The predicted octanol–water partition coefficient (Wildman–Crippen LogP) is 1.74. The van der Waals surface area contributed by atoms with E-state index in [1.54, 1.807) is 4.90 Å². The third-order valence-electron chi connectivity index (χ3n) is 5.44. The first kappa shape index (κ1) is 21.8. The number of benzene rings is 1. The molecule has 0 spiro atoms. The van der Waals surface area contributed by atoms with E-state index in [-0.39, 0.29) is 40.6 Å². The maximum atomic E-state index is 13.5. The lowest BCUT2D eigenvalue weighted by Crippen LogP contribution is -2.55. The number of hydrogen-bond acceptors (Lipinski definition) is 5. The second kappa shape index (κ2) is 8.85. The zero-order valence-electron chi connectivity index (χ0n) is 15.3. The van der Waals surface area contributed by atoms with Crippen LogP contribution in [0.3, 0.4) is 0 Å². The van der Waals surface area contributed by atoms with E-state index in [1.165, 1.54) is 22.5 Å². The number of aliphatic hydroxyl groups excluding tert-OH is 2. The van der Waals surface area contributed by atoms with Crippen molar-refractivity contribution < 1.29 is 23.4 Å². The van der Waals surface area contributed by atoms with Crippen molar-refractivity contribution in [3.63, 3.8) is 0 Å². The van der Waals surface area contributed by atoms with Gasteiger partial charge in [-0.3, -0.25) is 4.79 Å². The quantitative estimate of drug-likeness (QED) is 0.687. The lowest BCUT2D eigenvalue weighted by Gasteiger charge is -2.40. The van der Waals surface area contributed by atoms with Gasteiger partial charge in [0.2, 0.25) is 15.9 Å². The van der Waals surface area contributed by atoms with Crippen molar-refractivity contribution in [2.24, 2.45) is 5.92 Å². The lowest BCUT2D eigenvalue weighted by molar-refractivity contribution is -0.135. The average molecular weight is 451 g/mol. The fraction of sp³-hybridized carbons (Fsp3) is 0.611. The second-order valence-corrected chi connectivity index (χ2v) is 9.97. The fourth-order valence-electron chi connectivity index (χ4n) is 4.17. The van der Waals surface area contributed by atoms with Crippen LogP contribution in [-0.2, 0) is 14.8 Å². The molecule has 2 heterocycles. The highest BCUT2D eigenvalue weighted by atomic mass is 35.5. The van der Waals surface area contributed by atoms with Crippen molar-refractivity contribution in [3.05, 3.63) is 28.2 Å². The Hall–Kier alpha value is -0.900. The topological polar surface area (TPSA) is 98.1 Å². The number of carbonyl (C=O) groups is 1. The Labute approximate surface area is 174 Å². The summed E-state index contributed by atoms with van der Waals surface area (Å²) < 4.78 is 28.3. The van der Waals surface area contributed by atoms with Gasteiger partial charge in [0.05, 0.1) is 4.90 Å². The molecule has 1 aromatic rings. The molecule has 1 aromatic carbocycles. The molecule has 2 aliphatic heterocycles. The van der Waals surface area contributed by atoms with Crippen LogP contribution in [0.5, 0.6) is 0 Å². The molecule has 2 bridgehead atoms. The highest BCUT2D eigenvalue weighted by molar-refractivity contribution is 7.89. The Morgan fingerprint density at radius 2 is 1.79 bits per heavy atom. The Morgan fingerprint density at radius 3 is 2.39 bits per heavy atom. The molecule has 0 aromatic heterocycles. The zero-order chi connectivity index (χ0) is 20.5. The fourth-order valence-corrected chi connectivity index (χ4v) is 6.79. The van der Waals surface area contributed by atoms with Crippen LogP contribution in [0, 0.1) is 5.92 Å². The first-order valence-electron chi connectivity index (χ1n) is 9.29. The van der Waals surface area contributed by atoms with Gasteiger partial charge < -0.3 is 15.1 Å². The zero-order valence-corrected chi connectivity index (χ0v) is 17.6. The molecule has 2 aliphatic rings. The average Bonchev–Trinajstić information content (AvgIpc) is 2.72. The van der Waals surface area contributed by atoms with Crippen LogP contribution < -0.4 is 0 Å². The molecule has 2 fully saturated rings. The Balaban J connectivity index is 2.06. The van der Waals surface area contributed by atoms with Crippen molar-refractivity contribution >= 4 is 39.1 Å². The number of fused-ring (bicyclic) bond motifs is 2. The molecular weight excluding hydrogens is 427 g/mol. The molecule has 1 amide bonds. The third kappa shape index (κ3) is 4.17. The number of sulfonamides is 1. The van der Waals surface area contributed by atoms with Crippen LogP contribution in [0.1, 0.15) is 25.7 Å². The molecule has 10 heteroatoms. The van der Waals surface area contributed by atoms with Crippen molar-refractivity contribution in [2.75, 3.05) is 26.3 Å². The second-order valence-electron chi connectivity index (χ2n) is 7.26. The largest absolute Gasteiger partial charge is 0.396 e. The van der Waals surface area contributed by atoms with Crippen molar-refractivity contribution in [2.45, 2.75) is 42.7 Å². The summed E-state index contributed by atoms with van der Waals surface area (Å²) in [6, 6.07) is 2.77. The summed E-state index contributed by atoms with van der Waals surface area (Å²) in [5.74, 6) is -0.692. The Bertz CT molecular complexity index is 815. The summed E-state index contributed by atoms with van der Waals surface area (Å²) >= 11 is 12.0. The highest BCUT2D eigenvalue weighted by Crippen LogP contribution is 2.38. The monoisotopic (exact) mass is 450 g/mol. The molecule has 2 saturated heterocycles. The van der Waals surface area contributed by atoms with Crippen molar-refractivity contribution in [1.29, 1.82) is 0 Å². The van der Waals surface area contributed by atoms with Crippen LogP contribution >= 0.6 is 23.2 Å². The van der Waals surface area contributed by atoms with Gasteiger partial charge in [0.15, 0.2) is 0 Å². The van der Waals surface area contributed by atoms with E-state index in [9.17, 15) is 18.3 Å². The number of piperidine rings is 1. The van der Waals surface area contributed by atoms with Gasteiger partial charge in [0.25, 0.3) is 0 Å². The lowest BCUT2D eigenvalue weighted by atomic mass is 9.91. The first-order chi connectivity index (χ1) is 13.3. The van der Waals surface area contributed by atoms with Crippen molar-refractivity contribution in [1.82, 2.24) is 9.21 Å². The molecule has 3 atom stereocenters. The number of nitrogens with zero attached hydrogens (tertiary/aromatic N) is 2. The minimum absolute atomic E-state index is 0.0600. The maximum absolute atomic E-state index is 13.5. The van der Waals surface area contributed by atoms with E-state index in [2.05, 4.69) is 0 Å². The Morgan fingerprint density at radius 1 is 1.11 bits per heavy atom. The molecule has 0 aliphatic carbocycles. The minimum atomic E-state index is -4.05. The third-order valence-corrected chi connectivity index (χ3v) is 7.79. The first-order valence-corrected chi connectivity index (χ1v) is 11.5.